The van der Waals surface area contributed by atoms with Crippen LogP contribution in [0.2, 0.25) is 0 Å². The molecule has 0 aromatic carbocycles. The Balaban J connectivity index is 1.60. The highest BCUT2D eigenvalue weighted by molar-refractivity contribution is 5.84. The van der Waals surface area contributed by atoms with Crippen LogP contribution in [0.25, 0.3) is 22.7 Å². The van der Waals surface area contributed by atoms with E-state index in [4.69, 9.17) is 4.42 Å². The zero-order chi connectivity index (χ0) is 21.6. The van der Waals surface area contributed by atoms with Crippen molar-refractivity contribution < 1.29 is 14.6 Å². The number of rotatable bonds is 10. The van der Waals surface area contributed by atoms with E-state index in [1.165, 1.54) is 6.26 Å². The number of nitrogens with one attached hydrogen (secondary N) is 1. The first-order chi connectivity index (χ1) is 15.2. The quantitative estimate of drug-likeness (QED) is 0.341. The third-order valence-electron chi connectivity index (χ3n) is 4.75. The average Bonchev–Trinajstić information content (AvgIpc) is 3.47. The average molecular weight is 424 g/mol. The van der Waals surface area contributed by atoms with Gasteiger partial charge in [-0.25, -0.2) is 9.97 Å². The standard InChI is InChI=1S/C20H24N8O3/c1-2-27-13-24-16-17(25-20(26-18(16)27)28(6-8-29)7-9-30)23-12-14-3-4-15(22-11-14)19-21-5-10-31-19/h3-5,10-11,13,29-30H,2,6-9,12H2,1H3,(H,23,25,26). The van der Waals surface area contributed by atoms with Crippen LogP contribution >= 0.6 is 0 Å². The summed E-state index contributed by atoms with van der Waals surface area (Å²) in [6, 6.07) is 3.78. The monoisotopic (exact) mass is 424 g/mol. The second-order valence-corrected chi connectivity index (χ2v) is 6.75. The predicted molar refractivity (Wildman–Crippen MR) is 114 cm³/mol. The smallest absolute Gasteiger partial charge is 0.244 e. The van der Waals surface area contributed by atoms with Gasteiger partial charge in [0.15, 0.2) is 17.0 Å². The SMILES string of the molecule is CCn1cnc2c(NCc3ccc(-c4ncco4)nc3)nc(N(CCO)CCO)nc21. The molecule has 4 rings (SSSR count). The van der Waals surface area contributed by atoms with Crippen molar-refractivity contribution in [1.82, 2.24) is 29.5 Å². The molecule has 31 heavy (non-hydrogen) atoms. The van der Waals surface area contributed by atoms with Crippen molar-refractivity contribution in [3.05, 3.63) is 42.7 Å². The van der Waals surface area contributed by atoms with Crippen LogP contribution in [0, 0.1) is 0 Å². The Bertz CT molecular complexity index is 1110. The molecule has 0 atom stereocenters. The van der Waals surface area contributed by atoms with Crippen molar-refractivity contribution >= 4 is 22.9 Å². The van der Waals surface area contributed by atoms with Gasteiger partial charge >= 0.3 is 0 Å². The first-order valence-electron chi connectivity index (χ1n) is 10.0. The maximum Gasteiger partial charge on any atom is 0.244 e. The lowest BCUT2D eigenvalue weighted by Crippen LogP contribution is -2.31. The molecule has 0 unspecified atom stereocenters. The van der Waals surface area contributed by atoms with E-state index in [0.29, 0.717) is 60.7 Å². The first kappa shape index (κ1) is 20.7. The number of nitrogens with zero attached hydrogens (tertiary/aromatic N) is 7. The van der Waals surface area contributed by atoms with Crippen molar-refractivity contribution in [1.29, 1.82) is 0 Å². The molecule has 4 heterocycles. The van der Waals surface area contributed by atoms with Crippen molar-refractivity contribution in [3.8, 4) is 11.6 Å². The van der Waals surface area contributed by atoms with E-state index >= 15 is 0 Å². The summed E-state index contributed by atoms with van der Waals surface area (Å²) in [6.45, 7) is 3.69. The minimum atomic E-state index is -0.0697. The highest BCUT2D eigenvalue weighted by Crippen LogP contribution is 2.23. The zero-order valence-corrected chi connectivity index (χ0v) is 17.1. The normalized spacial score (nSPS) is 11.2. The second kappa shape index (κ2) is 9.49. The highest BCUT2D eigenvalue weighted by atomic mass is 16.3. The topological polar surface area (TPSA) is 138 Å². The van der Waals surface area contributed by atoms with Crippen LogP contribution in [0.1, 0.15) is 12.5 Å². The van der Waals surface area contributed by atoms with E-state index in [1.807, 2.05) is 23.6 Å². The zero-order valence-electron chi connectivity index (χ0n) is 17.1. The number of fused-ring (bicyclic) bond motifs is 1. The third kappa shape index (κ3) is 4.47. The summed E-state index contributed by atoms with van der Waals surface area (Å²) in [5, 5.41) is 22.1. The van der Waals surface area contributed by atoms with E-state index in [0.717, 1.165) is 5.56 Å². The summed E-state index contributed by atoms with van der Waals surface area (Å²) in [4.78, 5) is 23.9. The summed E-state index contributed by atoms with van der Waals surface area (Å²) in [6.07, 6.45) is 6.57. The number of hydrogen-bond donors (Lipinski definition) is 3. The summed E-state index contributed by atoms with van der Waals surface area (Å²) >= 11 is 0. The fourth-order valence-electron chi connectivity index (χ4n) is 3.17. The van der Waals surface area contributed by atoms with Gasteiger partial charge in [0, 0.05) is 32.4 Å². The van der Waals surface area contributed by atoms with Gasteiger partial charge in [0.2, 0.25) is 11.8 Å². The lowest BCUT2D eigenvalue weighted by Gasteiger charge is -2.21. The minimum absolute atomic E-state index is 0.0697. The van der Waals surface area contributed by atoms with Crippen molar-refractivity contribution in [2.75, 3.05) is 36.5 Å². The van der Waals surface area contributed by atoms with E-state index < -0.39 is 0 Å². The number of oxazole rings is 1. The molecule has 0 bridgehead atoms. The van der Waals surface area contributed by atoms with Crippen LogP contribution in [0.3, 0.4) is 0 Å². The van der Waals surface area contributed by atoms with Crippen LogP contribution in [0.15, 0.2) is 41.5 Å². The van der Waals surface area contributed by atoms with Gasteiger partial charge in [-0.15, -0.1) is 0 Å². The van der Waals surface area contributed by atoms with Crippen molar-refractivity contribution in [2.24, 2.45) is 0 Å². The van der Waals surface area contributed by atoms with Crippen molar-refractivity contribution in [3.63, 3.8) is 0 Å². The van der Waals surface area contributed by atoms with Crippen LogP contribution < -0.4 is 10.2 Å². The lowest BCUT2D eigenvalue weighted by molar-refractivity contribution is 0.280. The number of anilines is 2. The molecule has 11 heteroatoms. The molecule has 0 saturated heterocycles. The van der Waals surface area contributed by atoms with E-state index in [-0.39, 0.29) is 13.2 Å². The molecule has 3 N–H and O–H groups in total. The van der Waals surface area contributed by atoms with Gasteiger partial charge in [-0.3, -0.25) is 4.98 Å². The molecule has 0 spiro atoms. The van der Waals surface area contributed by atoms with Crippen LogP contribution in [-0.2, 0) is 13.1 Å². The molecule has 0 amide bonds. The van der Waals surface area contributed by atoms with Gasteiger partial charge in [-0.05, 0) is 18.6 Å². The van der Waals surface area contributed by atoms with Crippen LogP contribution in [0.5, 0.6) is 0 Å². The Morgan fingerprint density at radius 3 is 2.58 bits per heavy atom. The Morgan fingerprint density at radius 2 is 1.94 bits per heavy atom. The second-order valence-electron chi connectivity index (χ2n) is 6.75. The van der Waals surface area contributed by atoms with Gasteiger partial charge in [-0.2, -0.15) is 9.97 Å². The summed E-state index contributed by atoms with van der Waals surface area (Å²) < 4.78 is 7.19. The van der Waals surface area contributed by atoms with Gasteiger partial charge in [0.25, 0.3) is 0 Å². The van der Waals surface area contributed by atoms with Gasteiger partial charge in [0.05, 0.1) is 25.7 Å². The molecule has 0 aliphatic rings. The molecule has 0 aliphatic heterocycles. The van der Waals surface area contributed by atoms with E-state index in [9.17, 15) is 10.2 Å². The molecule has 0 radical (unpaired) electrons. The number of pyridine rings is 1. The van der Waals surface area contributed by atoms with Gasteiger partial charge in [-0.1, -0.05) is 6.07 Å². The maximum atomic E-state index is 9.38. The number of imidazole rings is 1. The number of hydrogen-bond acceptors (Lipinski definition) is 10. The highest BCUT2D eigenvalue weighted by Gasteiger charge is 2.17. The number of aliphatic hydroxyl groups is 2. The van der Waals surface area contributed by atoms with Crippen LogP contribution in [-0.4, -0.2) is 66.0 Å². The largest absolute Gasteiger partial charge is 0.443 e. The first-order valence-corrected chi connectivity index (χ1v) is 10.0. The van der Waals surface area contributed by atoms with E-state index in [2.05, 4.69) is 30.2 Å². The Hall–Kier alpha value is -3.57. The molecular formula is C20H24N8O3. The summed E-state index contributed by atoms with van der Waals surface area (Å²) in [5.74, 6) is 1.47. The maximum absolute atomic E-state index is 9.38. The fraction of sp³-hybridized carbons (Fsp3) is 0.350. The number of aromatic nitrogens is 6. The van der Waals surface area contributed by atoms with Gasteiger partial charge in [0.1, 0.15) is 12.0 Å². The molecule has 162 valence electrons. The Kier molecular flexibility index (Phi) is 6.34. The third-order valence-corrected chi connectivity index (χ3v) is 4.75. The molecule has 4 aromatic heterocycles. The molecule has 0 saturated carbocycles. The molecule has 0 aliphatic carbocycles. The minimum Gasteiger partial charge on any atom is -0.443 e. The number of aryl methyl sites for hydroxylation is 1. The Labute approximate surface area is 178 Å². The van der Waals surface area contributed by atoms with Crippen LogP contribution in [0.4, 0.5) is 11.8 Å². The summed E-state index contributed by atoms with van der Waals surface area (Å²) in [5.41, 5.74) is 2.95. The number of aliphatic hydroxyl groups excluding tert-OH is 2. The molecule has 0 fully saturated rings. The lowest BCUT2D eigenvalue weighted by atomic mass is 10.2. The van der Waals surface area contributed by atoms with Gasteiger partial charge < -0.3 is 29.4 Å². The fourth-order valence-corrected chi connectivity index (χ4v) is 3.17. The predicted octanol–water partition coefficient (Wildman–Crippen LogP) is 1.30. The molecule has 11 nitrogen and oxygen atoms in total. The molecular weight excluding hydrogens is 400 g/mol. The van der Waals surface area contributed by atoms with E-state index in [1.54, 1.807) is 23.6 Å². The molecule has 4 aromatic rings. The van der Waals surface area contributed by atoms with Crippen molar-refractivity contribution in [2.45, 2.75) is 20.0 Å². The Morgan fingerprint density at radius 1 is 1.10 bits per heavy atom. The summed E-state index contributed by atoms with van der Waals surface area (Å²) in [7, 11) is 0.